The van der Waals surface area contributed by atoms with Gasteiger partial charge in [0.05, 0.1) is 12.1 Å². The fourth-order valence-electron chi connectivity index (χ4n) is 3.56. The molecule has 6 heteroatoms. The molecule has 0 atom stereocenters. The van der Waals surface area contributed by atoms with Crippen LogP contribution in [-0.4, -0.2) is 37.1 Å². The van der Waals surface area contributed by atoms with E-state index in [-0.39, 0.29) is 5.91 Å². The van der Waals surface area contributed by atoms with E-state index in [4.69, 9.17) is 0 Å². The van der Waals surface area contributed by atoms with Crippen LogP contribution in [0.1, 0.15) is 47.2 Å². The van der Waals surface area contributed by atoms with Crippen LogP contribution in [0.4, 0.5) is 0 Å². The van der Waals surface area contributed by atoms with Crippen LogP contribution < -0.4 is 0 Å². The van der Waals surface area contributed by atoms with Gasteiger partial charge in [-0.15, -0.1) is 0 Å². The maximum atomic E-state index is 13.1. The lowest BCUT2D eigenvalue weighted by molar-refractivity contribution is -0.131. The van der Waals surface area contributed by atoms with Crippen LogP contribution in [0.25, 0.3) is 5.95 Å². The number of aromatic nitrogens is 4. The number of carbonyl (C=O) groups is 1. The first kappa shape index (κ1) is 20.7. The summed E-state index contributed by atoms with van der Waals surface area (Å²) in [6.45, 7) is 11.3. The predicted octanol–water partition coefficient (Wildman–Crippen LogP) is 3.88. The topological polar surface area (TPSA) is 63.9 Å². The summed E-state index contributed by atoms with van der Waals surface area (Å²) in [6.07, 6.45) is 1.25. The van der Waals surface area contributed by atoms with Gasteiger partial charge in [0, 0.05) is 35.7 Å². The van der Waals surface area contributed by atoms with E-state index in [2.05, 4.69) is 34.1 Å². The van der Waals surface area contributed by atoms with Crippen molar-refractivity contribution in [3.05, 3.63) is 70.3 Å². The smallest absolute Gasteiger partial charge is 0.251 e. The first-order valence-electron chi connectivity index (χ1n) is 10.1. The van der Waals surface area contributed by atoms with E-state index >= 15 is 0 Å². The standard InChI is InChI=1S/C23H29N5O/c1-6-12-27(15-20-10-8-7-9-11-20)22(29)14-21-18(4)26-28(19(21)5)23-24-16(2)13-17(3)25-23/h7-11,13H,6,12,14-15H2,1-5H3. The van der Waals surface area contributed by atoms with Gasteiger partial charge >= 0.3 is 0 Å². The third-order valence-electron chi connectivity index (χ3n) is 4.99. The zero-order valence-corrected chi connectivity index (χ0v) is 17.9. The number of aryl methyl sites for hydroxylation is 3. The summed E-state index contributed by atoms with van der Waals surface area (Å²) in [7, 11) is 0. The number of hydrogen-bond donors (Lipinski definition) is 0. The summed E-state index contributed by atoms with van der Waals surface area (Å²) in [6, 6.07) is 12.1. The average Bonchev–Trinajstić information content (AvgIpc) is 2.96. The van der Waals surface area contributed by atoms with Crippen molar-refractivity contribution in [2.45, 2.75) is 54.0 Å². The van der Waals surface area contributed by atoms with Gasteiger partial charge in [-0.2, -0.15) is 5.10 Å². The molecule has 29 heavy (non-hydrogen) atoms. The molecule has 1 amide bonds. The van der Waals surface area contributed by atoms with Crippen molar-refractivity contribution in [3.63, 3.8) is 0 Å². The fourth-order valence-corrected chi connectivity index (χ4v) is 3.56. The molecule has 152 valence electrons. The Kier molecular flexibility index (Phi) is 6.42. The normalized spacial score (nSPS) is 10.9. The van der Waals surface area contributed by atoms with Gasteiger partial charge in [0.1, 0.15) is 0 Å². The van der Waals surface area contributed by atoms with E-state index in [0.29, 0.717) is 18.9 Å². The Morgan fingerprint density at radius 3 is 2.31 bits per heavy atom. The molecule has 0 bridgehead atoms. The second kappa shape index (κ2) is 8.99. The average molecular weight is 392 g/mol. The maximum Gasteiger partial charge on any atom is 0.251 e. The molecule has 0 aliphatic rings. The Morgan fingerprint density at radius 1 is 1.03 bits per heavy atom. The number of rotatable bonds is 7. The summed E-state index contributed by atoms with van der Waals surface area (Å²) in [4.78, 5) is 24.1. The molecule has 0 aliphatic carbocycles. The highest BCUT2D eigenvalue weighted by Gasteiger charge is 2.21. The number of carbonyl (C=O) groups excluding carboxylic acids is 1. The van der Waals surface area contributed by atoms with Crippen LogP contribution in [0, 0.1) is 27.7 Å². The lowest BCUT2D eigenvalue weighted by atomic mass is 10.1. The molecular formula is C23H29N5O. The zero-order valence-electron chi connectivity index (χ0n) is 17.9. The first-order chi connectivity index (χ1) is 13.9. The second-order valence-electron chi connectivity index (χ2n) is 7.49. The van der Waals surface area contributed by atoms with Crippen molar-refractivity contribution in [2.75, 3.05) is 6.54 Å². The van der Waals surface area contributed by atoms with Crippen LogP contribution in [0.2, 0.25) is 0 Å². The predicted molar refractivity (Wildman–Crippen MR) is 114 cm³/mol. The van der Waals surface area contributed by atoms with E-state index in [1.54, 1.807) is 4.68 Å². The van der Waals surface area contributed by atoms with Gasteiger partial charge in [-0.3, -0.25) is 4.79 Å². The highest BCUT2D eigenvalue weighted by atomic mass is 16.2. The first-order valence-corrected chi connectivity index (χ1v) is 10.1. The van der Waals surface area contributed by atoms with Gasteiger partial charge in [0.25, 0.3) is 5.95 Å². The van der Waals surface area contributed by atoms with E-state index in [1.807, 2.05) is 56.9 Å². The molecule has 0 saturated carbocycles. The zero-order chi connectivity index (χ0) is 21.0. The second-order valence-corrected chi connectivity index (χ2v) is 7.49. The Hall–Kier alpha value is -3.02. The number of benzene rings is 1. The molecule has 0 fully saturated rings. The lowest BCUT2D eigenvalue weighted by Crippen LogP contribution is -2.32. The van der Waals surface area contributed by atoms with Gasteiger partial charge in [-0.1, -0.05) is 37.3 Å². The fraction of sp³-hybridized carbons (Fsp3) is 0.391. The molecule has 1 aromatic carbocycles. The molecular weight excluding hydrogens is 362 g/mol. The largest absolute Gasteiger partial charge is 0.338 e. The third kappa shape index (κ3) is 4.88. The van der Waals surface area contributed by atoms with Gasteiger partial charge in [0.15, 0.2) is 0 Å². The SMILES string of the molecule is CCCN(Cc1ccccc1)C(=O)Cc1c(C)nn(-c2nc(C)cc(C)n2)c1C. The van der Waals surface area contributed by atoms with Crippen molar-refractivity contribution in [3.8, 4) is 5.95 Å². The summed E-state index contributed by atoms with van der Waals surface area (Å²) in [5.74, 6) is 0.666. The minimum absolute atomic E-state index is 0.114. The van der Waals surface area contributed by atoms with Crippen molar-refractivity contribution >= 4 is 5.91 Å². The highest BCUT2D eigenvalue weighted by Crippen LogP contribution is 2.19. The highest BCUT2D eigenvalue weighted by molar-refractivity contribution is 5.79. The molecule has 2 heterocycles. The van der Waals surface area contributed by atoms with E-state index in [0.717, 1.165) is 46.9 Å². The number of nitrogens with zero attached hydrogens (tertiary/aromatic N) is 5. The minimum atomic E-state index is 0.114. The lowest BCUT2D eigenvalue weighted by Gasteiger charge is -2.22. The quantitative estimate of drug-likeness (QED) is 0.613. The van der Waals surface area contributed by atoms with Gasteiger partial charge < -0.3 is 4.90 Å². The van der Waals surface area contributed by atoms with Crippen LogP contribution in [0.5, 0.6) is 0 Å². The van der Waals surface area contributed by atoms with Gasteiger partial charge in [0.2, 0.25) is 5.91 Å². The monoisotopic (exact) mass is 391 g/mol. The maximum absolute atomic E-state index is 13.1. The molecule has 3 aromatic rings. The summed E-state index contributed by atoms with van der Waals surface area (Å²) >= 11 is 0. The Morgan fingerprint density at radius 2 is 1.69 bits per heavy atom. The van der Waals surface area contributed by atoms with Crippen LogP contribution in [-0.2, 0) is 17.8 Å². The Balaban J connectivity index is 1.84. The molecule has 0 unspecified atom stereocenters. The van der Waals surface area contributed by atoms with E-state index < -0.39 is 0 Å². The molecule has 0 N–H and O–H groups in total. The van der Waals surface area contributed by atoms with E-state index in [1.165, 1.54) is 0 Å². The molecule has 3 rings (SSSR count). The Labute approximate surface area is 172 Å². The molecule has 0 radical (unpaired) electrons. The number of hydrogen-bond acceptors (Lipinski definition) is 4. The molecule has 0 aliphatic heterocycles. The molecule has 0 saturated heterocycles. The van der Waals surface area contributed by atoms with Crippen molar-refractivity contribution < 1.29 is 4.79 Å². The Bertz CT molecular complexity index is 974. The van der Waals surface area contributed by atoms with Crippen molar-refractivity contribution in [2.24, 2.45) is 0 Å². The molecule has 2 aromatic heterocycles. The van der Waals surface area contributed by atoms with E-state index in [9.17, 15) is 4.79 Å². The minimum Gasteiger partial charge on any atom is -0.338 e. The third-order valence-corrected chi connectivity index (χ3v) is 4.99. The van der Waals surface area contributed by atoms with Crippen molar-refractivity contribution in [1.82, 2.24) is 24.6 Å². The van der Waals surface area contributed by atoms with Crippen LogP contribution >= 0.6 is 0 Å². The van der Waals surface area contributed by atoms with Crippen LogP contribution in [0.3, 0.4) is 0 Å². The molecule has 0 spiro atoms. The number of amides is 1. The van der Waals surface area contributed by atoms with Crippen molar-refractivity contribution in [1.29, 1.82) is 0 Å². The summed E-state index contributed by atoms with van der Waals surface area (Å²) in [5.41, 5.74) is 5.64. The molecule has 6 nitrogen and oxygen atoms in total. The van der Waals surface area contributed by atoms with Gasteiger partial charge in [-0.25, -0.2) is 14.6 Å². The summed E-state index contributed by atoms with van der Waals surface area (Å²) in [5, 5.41) is 4.63. The van der Waals surface area contributed by atoms with Gasteiger partial charge in [-0.05, 0) is 45.7 Å². The summed E-state index contributed by atoms with van der Waals surface area (Å²) < 4.78 is 1.75. The van der Waals surface area contributed by atoms with Crippen LogP contribution in [0.15, 0.2) is 36.4 Å².